The zero-order valence-corrected chi connectivity index (χ0v) is 20.6. The summed E-state index contributed by atoms with van der Waals surface area (Å²) in [5.41, 5.74) is 0.960. The molecule has 1 aromatic carbocycles. The van der Waals surface area contributed by atoms with Crippen molar-refractivity contribution in [3.8, 4) is 0 Å². The molecule has 0 saturated carbocycles. The van der Waals surface area contributed by atoms with Gasteiger partial charge < -0.3 is 15.0 Å². The van der Waals surface area contributed by atoms with Gasteiger partial charge in [0, 0.05) is 29.7 Å². The Bertz CT molecular complexity index is 970. The predicted molar refractivity (Wildman–Crippen MR) is 132 cm³/mol. The Hall–Kier alpha value is -2.09. The van der Waals surface area contributed by atoms with Crippen molar-refractivity contribution in [1.29, 1.82) is 0 Å². The fraction of sp³-hybridized carbons (Fsp3) is 0.542. The first-order valence-electron chi connectivity index (χ1n) is 11.6. The Morgan fingerprint density at radius 3 is 2.82 bits per heavy atom. The Labute approximate surface area is 205 Å². The summed E-state index contributed by atoms with van der Waals surface area (Å²) in [6, 6.07) is 5.48. The third-order valence-corrected chi connectivity index (χ3v) is 7.08. The second-order valence-electron chi connectivity index (χ2n) is 8.90. The summed E-state index contributed by atoms with van der Waals surface area (Å²) >= 11 is 12.4. The van der Waals surface area contributed by atoms with E-state index in [0.29, 0.717) is 40.9 Å². The van der Waals surface area contributed by atoms with E-state index in [1.807, 2.05) is 32.2 Å². The molecule has 4 rings (SSSR count). The molecule has 178 valence electrons. The van der Waals surface area contributed by atoms with Gasteiger partial charge in [-0.05, 0) is 62.8 Å². The van der Waals surface area contributed by atoms with Crippen molar-refractivity contribution in [3.63, 3.8) is 0 Å². The van der Waals surface area contributed by atoms with Crippen LogP contribution in [0.25, 0.3) is 0 Å². The molecule has 0 spiro atoms. The first-order chi connectivity index (χ1) is 15.9. The van der Waals surface area contributed by atoms with Crippen LogP contribution in [0.4, 0.5) is 11.6 Å². The van der Waals surface area contributed by atoms with Gasteiger partial charge in [-0.2, -0.15) is 0 Å². The molecule has 2 aromatic rings. The highest BCUT2D eigenvalue weighted by Crippen LogP contribution is 2.34. The number of nitrogens with one attached hydrogen (secondary N) is 1. The minimum absolute atomic E-state index is 0.0314. The number of carbonyl (C=O) groups excluding carboxylic acids is 1. The molecule has 7 nitrogen and oxygen atoms in total. The molecule has 9 heteroatoms. The van der Waals surface area contributed by atoms with Gasteiger partial charge >= 0.3 is 5.97 Å². The summed E-state index contributed by atoms with van der Waals surface area (Å²) in [5, 5.41) is 4.64. The van der Waals surface area contributed by atoms with Crippen molar-refractivity contribution in [2.45, 2.75) is 32.7 Å². The van der Waals surface area contributed by atoms with Crippen molar-refractivity contribution >= 4 is 40.8 Å². The molecular weight excluding hydrogens is 461 g/mol. The number of hydrogen-bond donors (Lipinski definition) is 1. The Morgan fingerprint density at radius 2 is 2.06 bits per heavy atom. The minimum Gasteiger partial charge on any atom is -0.465 e. The molecule has 0 aliphatic carbocycles. The molecule has 0 amide bonds. The molecule has 2 aliphatic heterocycles. The van der Waals surface area contributed by atoms with Crippen LogP contribution in [0.15, 0.2) is 30.6 Å². The van der Waals surface area contributed by atoms with Crippen LogP contribution in [0.5, 0.6) is 0 Å². The van der Waals surface area contributed by atoms with Crippen LogP contribution in [0.3, 0.4) is 0 Å². The molecule has 2 atom stereocenters. The lowest BCUT2D eigenvalue weighted by Crippen LogP contribution is -2.54. The Balaban J connectivity index is 1.31. The van der Waals surface area contributed by atoms with Crippen LogP contribution in [-0.2, 0) is 9.53 Å². The molecular formula is C24H31Cl2N5O2. The summed E-state index contributed by atoms with van der Waals surface area (Å²) in [4.78, 5) is 25.5. The number of benzene rings is 1. The fourth-order valence-electron chi connectivity index (χ4n) is 4.74. The van der Waals surface area contributed by atoms with E-state index in [9.17, 15) is 4.79 Å². The van der Waals surface area contributed by atoms with Crippen LogP contribution in [-0.4, -0.2) is 60.2 Å². The highest BCUT2D eigenvalue weighted by Gasteiger charge is 2.36. The van der Waals surface area contributed by atoms with Crippen molar-refractivity contribution in [2.24, 2.45) is 11.8 Å². The average molecular weight is 492 g/mol. The number of anilines is 2. The molecule has 0 radical (unpaired) electrons. The van der Waals surface area contributed by atoms with Gasteiger partial charge in [0.05, 0.1) is 31.6 Å². The Morgan fingerprint density at radius 1 is 1.24 bits per heavy atom. The van der Waals surface area contributed by atoms with E-state index in [1.165, 1.54) is 6.42 Å². The van der Waals surface area contributed by atoms with Crippen LogP contribution in [0.1, 0.15) is 38.3 Å². The average Bonchev–Trinajstić information content (AvgIpc) is 2.73. The first-order valence-corrected chi connectivity index (χ1v) is 12.3. The number of piperidine rings is 1. The van der Waals surface area contributed by atoms with Crippen LogP contribution in [0, 0.1) is 11.8 Å². The lowest BCUT2D eigenvalue weighted by Gasteiger charge is -2.46. The number of likely N-dealkylation sites (tertiary alicyclic amines) is 1. The van der Waals surface area contributed by atoms with Gasteiger partial charge in [0.1, 0.15) is 11.6 Å². The topological polar surface area (TPSA) is 70.6 Å². The highest BCUT2D eigenvalue weighted by atomic mass is 35.5. The highest BCUT2D eigenvalue weighted by molar-refractivity contribution is 6.35. The van der Waals surface area contributed by atoms with E-state index >= 15 is 0 Å². The molecule has 0 unspecified atom stereocenters. The molecule has 2 saturated heterocycles. The number of halogens is 2. The normalized spacial score (nSPS) is 20.2. The van der Waals surface area contributed by atoms with Gasteiger partial charge in [0.15, 0.2) is 0 Å². The van der Waals surface area contributed by atoms with E-state index in [0.717, 1.165) is 44.0 Å². The number of esters is 1. The molecule has 2 aliphatic rings. The summed E-state index contributed by atoms with van der Waals surface area (Å²) in [6.07, 6.45) is 5.89. The largest absolute Gasteiger partial charge is 0.465 e. The number of aromatic nitrogens is 2. The van der Waals surface area contributed by atoms with Crippen LogP contribution in [0.2, 0.25) is 10.0 Å². The van der Waals surface area contributed by atoms with Gasteiger partial charge in [0.25, 0.3) is 0 Å². The maximum atomic E-state index is 11.8. The minimum atomic E-state index is -0.123. The zero-order valence-electron chi connectivity index (χ0n) is 19.1. The first kappa shape index (κ1) is 24.0. The molecule has 3 heterocycles. The zero-order chi connectivity index (χ0) is 23.4. The lowest BCUT2D eigenvalue weighted by atomic mass is 9.80. The summed E-state index contributed by atoms with van der Waals surface area (Å²) in [6.45, 7) is 8.59. The van der Waals surface area contributed by atoms with Gasteiger partial charge in [-0.3, -0.25) is 14.7 Å². The lowest BCUT2D eigenvalue weighted by molar-refractivity contribution is -0.145. The van der Waals surface area contributed by atoms with Gasteiger partial charge in [-0.25, -0.2) is 4.98 Å². The van der Waals surface area contributed by atoms with E-state index in [2.05, 4.69) is 20.1 Å². The maximum Gasteiger partial charge on any atom is 0.320 e. The molecule has 0 bridgehead atoms. The van der Waals surface area contributed by atoms with Crippen LogP contribution < -0.4 is 10.2 Å². The molecule has 33 heavy (non-hydrogen) atoms. The van der Waals surface area contributed by atoms with E-state index in [1.54, 1.807) is 12.3 Å². The van der Waals surface area contributed by atoms with Gasteiger partial charge in [-0.15, -0.1) is 0 Å². The van der Waals surface area contributed by atoms with E-state index < -0.39 is 0 Å². The predicted octanol–water partition coefficient (Wildman–Crippen LogP) is 4.67. The van der Waals surface area contributed by atoms with E-state index in [4.69, 9.17) is 32.9 Å². The quantitative estimate of drug-likeness (QED) is 0.537. The van der Waals surface area contributed by atoms with Gasteiger partial charge in [0.2, 0.25) is 0 Å². The summed E-state index contributed by atoms with van der Waals surface area (Å²) < 4.78 is 5.11. The summed E-state index contributed by atoms with van der Waals surface area (Å²) in [5.74, 6) is 2.69. The van der Waals surface area contributed by atoms with Crippen LogP contribution >= 0.6 is 23.2 Å². The Kier molecular flexibility index (Phi) is 7.94. The molecule has 2 fully saturated rings. The third-order valence-electron chi connectivity index (χ3n) is 6.52. The van der Waals surface area contributed by atoms with Crippen molar-refractivity contribution in [3.05, 3.63) is 46.2 Å². The SMILES string of the molecule is CCOC(=O)CN1CCC[C@H](C2CN(c3cncc(N[C@H](C)c4ccc(Cl)cc4Cl)n3)C2)C1. The summed E-state index contributed by atoms with van der Waals surface area (Å²) in [7, 11) is 0. The smallest absolute Gasteiger partial charge is 0.320 e. The number of ether oxygens (including phenoxy) is 1. The van der Waals surface area contributed by atoms with Gasteiger partial charge in [-0.1, -0.05) is 29.3 Å². The van der Waals surface area contributed by atoms with Crippen molar-refractivity contribution in [1.82, 2.24) is 14.9 Å². The third kappa shape index (κ3) is 6.08. The van der Waals surface area contributed by atoms with Crippen molar-refractivity contribution in [2.75, 3.05) is 49.5 Å². The number of nitrogens with zero attached hydrogens (tertiary/aromatic N) is 4. The number of hydrogen-bond acceptors (Lipinski definition) is 7. The van der Waals surface area contributed by atoms with E-state index in [-0.39, 0.29) is 12.0 Å². The van der Waals surface area contributed by atoms with Crippen molar-refractivity contribution < 1.29 is 9.53 Å². The second kappa shape index (κ2) is 10.9. The molecule has 1 N–H and O–H groups in total. The molecule has 1 aromatic heterocycles. The second-order valence-corrected chi connectivity index (χ2v) is 9.75. The number of carbonyl (C=O) groups is 1. The number of rotatable bonds is 8. The standard InChI is InChI=1S/C24H31Cl2N5O2/c1-3-33-24(32)15-30-8-4-5-17(12-30)18-13-31(14-18)23-11-27-10-22(29-23)28-16(2)20-7-6-19(25)9-21(20)26/h6-7,9-11,16-18H,3-5,8,12-15H2,1-2H3,(H,28,29)/t16-,17+/m1/s1. The maximum absolute atomic E-state index is 11.8. The monoisotopic (exact) mass is 491 g/mol. The fourth-order valence-corrected chi connectivity index (χ4v) is 5.31.